The van der Waals surface area contributed by atoms with Crippen molar-refractivity contribution >= 4 is 5.91 Å². The van der Waals surface area contributed by atoms with Gasteiger partial charge in [0.05, 0.1) is 0 Å². The number of carbonyl (C=O) groups is 1. The van der Waals surface area contributed by atoms with Crippen LogP contribution >= 0.6 is 0 Å². The average molecular weight is 210 g/mol. The van der Waals surface area contributed by atoms with Gasteiger partial charge in [0.15, 0.2) is 0 Å². The van der Waals surface area contributed by atoms with Crippen molar-refractivity contribution in [1.82, 2.24) is 5.32 Å². The lowest BCUT2D eigenvalue weighted by molar-refractivity contribution is -0.123. The lowest BCUT2D eigenvalue weighted by atomic mass is 9.83. The molecule has 0 saturated heterocycles. The number of carbonyl (C=O) groups excluding carboxylic acids is 1. The fraction of sp³-hybridized carbons (Fsp3) is 0.917. The molecular formula is C12H22N2O. The minimum absolute atomic E-state index is 0.255. The van der Waals surface area contributed by atoms with Crippen LogP contribution in [0.3, 0.4) is 0 Å². The molecule has 1 amide bonds. The standard InChI is InChI=1S/C12H22N2O/c13-8-10-5-2-6-11(10)14-12(15)7-9-3-1-4-9/h9-11H,1-8,13H2,(H,14,15). The predicted octanol–water partition coefficient (Wildman–Crippen LogP) is 1.42. The Labute approximate surface area is 91.8 Å². The van der Waals surface area contributed by atoms with Gasteiger partial charge in [-0.25, -0.2) is 0 Å². The van der Waals surface area contributed by atoms with Gasteiger partial charge in [0.2, 0.25) is 5.91 Å². The molecule has 2 rings (SSSR count). The topological polar surface area (TPSA) is 55.1 Å². The maximum absolute atomic E-state index is 11.7. The quantitative estimate of drug-likeness (QED) is 0.737. The molecule has 2 atom stereocenters. The van der Waals surface area contributed by atoms with Gasteiger partial charge in [-0.15, -0.1) is 0 Å². The third kappa shape index (κ3) is 2.71. The van der Waals surface area contributed by atoms with E-state index in [2.05, 4.69) is 5.32 Å². The monoisotopic (exact) mass is 210 g/mol. The molecule has 3 nitrogen and oxygen atoms in total. The summed E-state index contributed by atoms with van der Waals surface area (Å²) in [6.07, 6.45) is 8.08. The fourth-order valence-corrected chi connectivity index (χ4v) is 2.73. The van der Waals surface area contributed by atoms with Crippen molar-refractivity contribution in [3.8, 4) is 0 Å². The molecule has 2 fully saturated rings. The highest BCUT2D eigenvalue weighted by Gasteiger charge is 2.28. The molecule has 0 spiro atoms. The van der Waals surface area contributed by atoms with Gasteiger partial charge in [-0.05, 0) is 44.1 Å². The lowest BCUT2D eigenvalue weighted by Gasteiger charge is -2.26. The Morgan fingerprint density at radius 3 is 2.53 bits per heavy atom. The number of nitrogens with one attached hydrogen (secondary N) is 1. The van der Waals surface area contributed by atoms with Gasteiger partial charge in [0.1, 0.15) is 0 Å². The summed E-state index contributed by atoms with van der Waals surface area (Å²) in [5, 5.41) is 3.16. The summed E-state index contributed by atoms with van der Waals surface area (Å²) in [4.78, 5) is 11.7. The molecule has 3 heteroatoms. The van der Waals surface area contributed by atoms with E-state index in [1.54, 1.807) is 0 Å². The van der Waals surface area contributed by atoms with E-state index >= 15 is 0 Å². The van der Waals surface area contributed by atoms with Crippen molar-refractivity contribution in [2.75, 3.05) is 6.54 Å². The summed E-state index contributed by atoms with van der Waals surface area (Å²) in [6.45, 7) is 0.717. The summed E-state index contributed by atoms with van der Waals surface area (Å²) in [5.41, 5.74) is 5.69. The fourth-order valence-electron chi connectivity index (χ4n) is 2.73. The van der Waals surface area contributed by atoms with Crippen LogP contribution < -0.4 is 11.1 Å². The Hall–Kier alpha value is -0.570. The summed E-state index contributed by atoms with van der Waals surface area (Å²) in [6, 6.07) is 0.363. The van der Waals surface area contributed by atoms with E-state index in [1.807, 2.05) is 0 Å². The van der Waals surface area contributed by atoms with E-state index in [0.717, 1.165) is 12.8 Å². The molecule has 0 aromatic carbocycles. The van der Waals surface area contributed by atoms with Gasteiger partial charge >= 0.3 is 0 Å². The first-order chi connectivity index (χ1) is 7.29. The van der Waals surface area contributed by atoms with E-state index in [9.17, 15) is 4.79 Å². The zero-order valence-electron chi connectivity index (χ0n) is 9.37. The van der Waals surface area contributed by atoms with Gasteiger partial charge in [-0.1, -0.05) is 12.8 Å². The second-order valence-electron chi connectivity index (χ2n) is 5.10. The Morgan fingerprint density at radius 1 is 1.20 bits per heavy atom. The maximum Gasteiger partial charge on any atom is 0.220 e. The molecule has 0 radical (unpaired) electrons. The highest BCUT2D eigenvalue weighted by Crippen LogP contribution is 2.30. The van der Waals surface area contributed by atoms with Crippen molar-refractivity contribution in [1.29, 1.82) is 0 Å². The smallest absolute Gasteiger partial charge is 0.220 e. The first-order valence-electron chi connectivity index (χ1n) is 6.29. The average Bonchev–Trinajstić information content (AvgIpc) is 2.59. The second-order valence-corrected chi connectivity index (χ2v) is 5.10. The second kappa shape index (κ2) is 4.97. The van der Waals surface area contributed by atoms with Crippen LogP contribution in [0.2, 0.25) is 0 Å². The summed E-state index contributed by atoms with van der Waals surface area (Å²) in [7, 11) is 0. The van der Waals surface area contributed by atoms with Crippen molar-refractivity contribution in [3.63, 3.8) is 0 Å². The van der Waals surface area contributed by atoms with Gasteiger partial charge in [-0.2, -0.15) is 0 Å². The van der Waals surface area contributed by atoms with Crippen molar-refractivity contribution in [2.24, 2.45) is 17.6 Å². The molecule has 2 aliphatic carbocycles. The summed E-state index contributed by atoms with van der Waals surface area (Å²) < 4.78 is 0. The van der Waals surface area contributed by atoms with E-state index in [0.29, 0.717) is 24.4 Å². The van der Waals surface area contributed by atoms with Crippen LogP contribution in [0.25, 0.3) is 0 Å². The maximum atomic E-state index is 11.7. The molecule has 2 saturated carbocycles. The number of hydrogen-bond donors (Lipinski definition) is 2. The van der Waals surface area contributed by atoms with Gasteiger partial charge in [0.25, 0.3) is 0 Å². The highest BCUT2D eigenvalue weighted by molar-refractivity contribution is 5.76. The van der Waals surface area contributed by atoms with Crippen LogP contribution in [0.4, 0.5) is 0 Å². The van der Waals surface area contributed by atoms with Crippen LogP contribution in [-0.4, -0.2) is 18.5 Å². The van der Waals surface area contributed by atoms with Crippen molar-refractivity contribution in [2.45, 2.75) is 51.0 Å². The normalized spacial score (nSPS) is 31.3. The van der Waals surface area contributed by atoms with E-state index in [1.165, 1.54) is 32.1 Å². The minimum atomic E-state index is 0.255. The van der Waals surface area contributed by atoms with Gasteiger partial charge in [0, 0.05) is 12.5 Å². The molecule has 0 aromatic heterocycles. The third-order valence-electron chi connectivity index (χ3n) is 4.01. The zero-order chi connectivity index (χ0) is 10.7. The molecule has 0 heterocycles. The predicted molar refractivity (Wildman–Crippen MR) is 60.3 cm³/mol. The van der Waals surface area contributed by atoms with Gasteiger partial charge < -0.3 is 11.1 Å². The Morgan fingerprint density at radius 2 is 1.93 bits per heavy atom. The molecule has 2 aliphatic rings. The number of hydrogen-bond acceptors (Lipinski definition) is 2. The molecule has 15 heavy (non-hydrogen) atoms. The van der Waals surface area contributed by atoms with E-state index < -0.39 is 0 Å². The number of amides is 1. The van der Waals surface area contributed by atoms with Crippen LogP contribution in [-0.2, 0) is 4.79 Å². The zero-order valence-corrected chi connectivity index (χ0v) is 9.37. The largest absolute Gasteiger partial charge is 0.353 e. The number of rotatable bonds is 4. The molecule has 2 unspecified atom stereocenters. The van der Waals surface area contributed by atoms with Crippen LogP contribution in [0.5, 0.6) is 0 Å². The summed E-state index contributed by atoms with van der Waals surface area (Å²) in [5.74, 6) is 1.45. The van der Waals surface area contributed by atoms with Crippen LogP contribution in [0, 0.1) is 11.8 Å². The molecular weight excluding hydrogens is 188 g/mol. The number of nitrogens with two attached hydrogens (primary N) is 1. The first kappa shape index (κ1) is 10.9. The third-order valence-corrected chi connectivity index (χ3v) is 4.01. The SMILES string of the molecule is NCC1CCCC1NC(=O)CC1CCC1. The molecule has 0 bridgehead atoms. The highest BCUT2D eigenvalue weighted by atomic mass is 16.1. The van der Waals surface area contributed by atoms with Crippen molar-refractivity contribution < 1.29 is 4.79 Å². The Balaban J connectivity index is 1.72. The van der Waals surface area contributed by atoms with E-state index in [4.69, 9.17) is 5.73 Å². The van der Waals surface area contributed by atoms with Crippen molar-refractivity contribution in [3.05, 3.63) is 0 Å². The van der Waals surface area contributed by atoms with Gasteiger partial charge in [-0.3, -0.25) is 4.79 Å². The Kier molecular flexibility index (Phi) is 3.62. The lowest BCUT2D eigenvalue weighted by Crippen LogP contribution is -2.40. The molecule has 86 valence electrons. The summed E-state index contributed by atoms with van der Waals surface area (Å²) >= 11 is 0. The minimum Gasteiger partial charge on any atom is -0.353 e. The molecule has 0 aromatic rings. The first-order valence-corrected chi connectivity index (χ1v) is 6.29. The Bertz CT molecular complexity index is 226. The van der Waals surface area contributed by atoms with Crippen LogP contribution in [0.15, 0.2) is 0 Å². The molecule has 3 N–H and O–H groups in total. The molecule has 0 aliphatic heterocycles. The van der Waals surface area contributed by atoms with E-state index in [-0.39, 0.29) is 5.91 Å². The van der Waals surface area contributed by atoms with Crippen LogP contribution in [0.1, 0.15) is 44.9 Å².